The minimum atomic E-state index is -1.73. The second kappa shape index (κ2) is 9.29. The van der Waals surface area contributed by atoms with Crippen LogP contribution in [0.5, 0.6) is 0 Å². The smallest absolute Gasteiger partial charge is 0.348 e. The summed E-state index contributed by atoms with van der Waals surface area (Å²) in [4.78, 5) is 74.7. The molecule has 2 atom stereocenters. The third-order valence-corrected chi connectivity index (χ3v) is 3.15. The van der Waals surface area contributed by atoms with Gasteiger partial charge in [-0.2, -0.15) is 0 Å². The summed E-state index contributed by atoms with van der Waals surface area (Å²) < 4.78 is 14.7. The van der Waals surface area contributed by atoms with Crippen LogP contribution < -0.4 is 0 Å². The Labute approximate surface area is 161 Å². The van der Waals surface area contributed by atoms with E-state index in [4.69, 9.17) is 14.2 Å². The molecule has 1 heterocycles. The van der Waals surface area contributed by atoms with Crippen LogP contribution in [0.25, 0.3) is 0 Å². The van der Waals surface area contributed by atoms with Crippen molar-refractivity contribution in [1.82, 2.24) is 5.06 Å². The highest BCUT2D eigenvalue weighted by molar-refractivity contribution is 6.01. The molecule has 0 radical (unpaired) electrons. The van der Waals surface area contributed by atoms with Crippen LogP contribution in [-0.2, 0) is 47.8 Å². The van der Waals surface area contributed by atoms with Crippen LogP contribution in [0.4, 0.5) is 0 Å². The first-order valence-corrected chi connectivity index (χ1v) is 8.47. The van der Waals surface area contributed by atoms with Gasteiger partial charge in [-0.3, -0.25) is 14.4 Å². The topological polar surface area (TPSA) is 143 Å². The van der Waals surface area contributed by atoms with E-state index in [0.717, 1.165) is 6.92 Å². The number of ether oxygens (including phenoxy) is 3. The minimum absolute atomic E-state index is 0.102. The molecular weight excluding hydrogens is 378 g/mol. The summed E-state index contributed by atoms with van der Waals surface area (Å²) in [5, 5.41) is 0.293. The number of imide groups is 1. The van der Waals surface area contributed by atoms with Crippen molar-refractivity contribution in [3.8, 4) is 0 Å². The second-order valence-corrected chi connectivity index (χ2v) is 6.96. The van der Waals surface area contributed by atoms with Gasteiger partial charge in [0, 0.05) is 19.8 Å². The van der Waals surface area contributed by atoms with Crippen molar-refractivity contribution >= 4 is 35.7 Å². The first-order chi connectivity index (χ1) is 12.8. The standard InChI is InChI=1S/C17H23NO10/c1-9(15(23)27-17(3,4)5)25-16(24)11(26-10(2)19)8-14(22)28-18-12(20)6-7-13(18)21/h9,11H,6-8H2,1-5H3/t9-,11-/m0/s1. The molecule has 0 spiro atoms. The molecule has 0 saturated carbocycles. The van der Waals surface area contributed by atoms with Crippen LogP contribution in [0.15, 0.2) is 0 Å². The molecule has 11 heteroatoms. The largest absolute Gasteiger partial charge is 0.457 e. The van der Waals surface area contributed by atoms with Gasteiger partial charge < -0.3 is 19.0 Å². The van der Waals surface area contributed by atoms with E-state index < -0.39 is 59.9 Å². The molecule has 28 heavy (non-hydrogen) atoms. The van der Waals surface area contributed by atoms with Crippen molar-refractivity contribution in [1.29, 1.82) is 0 Å². The number of hydrogen-bond acceptors (Lipinski definition) is 10. The van der Waals surface area contributed by atoms with Crippen LogP contribution in [0.3, 0.4) is 0 Å². The maximum atomic E-state index is 12.2. The summed E-state index contributed by atoms with van der Waals surface area (Å²) in [6.45, 7) is 7.11. The number of hydroxylamine groups is 2. The average molecular weight is 401 g/mol. The van der Waals surface area contributed by atoms with E-state index in [2.05, 4.69) is 4.84 Å². The number of hydrogen-bond donors (Lipinski definition) is 0. The Hall–Kier alpha value is -2.98. The van der Waals surface area contributed by atoms with Crippen LogP contribution in [-0.4, -0.2) is 58.6 Å². The summed E-state index contributed by atoms with van der Waals surface area (Å²) >= 11 is 0. The molecule has 0 N–H and O–H groups in total. The minimum Gasteiger partial charge on any atom is -0.457 e. The molecule has 0 unspecified atom stereocenters. The van der Waals surface area contributed by atoms with Crippen molar-refractivity contribution in [2.45, 2.75) is 71.7 Å². The molecule has 1 aliphatic rings. The average Bonchev–Trinajstić information content (AvgIpc) is 2.84. The number of rotatable bonds is 7. The lowest BCUT2D eigenvalue weighted by atomic mass is 10.2. The summed E-state index contributed by atoms with van der Waals surface area (Å²) in [6.07, 6.45) is -4.09. The number of carbonyl (C=O) groups excluding carboxylic acids is 6. The van der Waals surface area contributed by atoms with E-state index in [0.29, 0.717) is 5.06 Å². The van der Waals surface area contributed by atoms with Crippen LogP contribution in [0.2, 0.25) is 0 Å². The molecule has 156 valence electrons. The van der Waals surface area contributed by atoms with Gasteiger partial charge in [-0.25, -0.2) is 14.4 Å². The molecule has 0 bridgehead atoms. The number of amides is 2. The summed E-state index contributed by atoms with van der Waals surface area (Å²) in [5.74, 6) is -5.50. The fraction of sp³-hybridized carbons (Fsp3) is 0.647. The van der Waals surface area contributed by atoms with Gasteiger partial charge in [-0.15, -0.1) is 5.06 Å². The zero-order valence-electron chi connectivity index (χ0n) is 16.3. The monoisotopic (exact) mass is 401 g/mol. The molecule has 0 aromatic rings. The van der Waals surface area contributed by atoms with Gasteiger partial charge in [-0.05, 0) is 27.7 Å². The summed E-state index contributed by atoms with van der Waals surface area (Å²) in [5.41, 5.74) is -0.814. The predicted octanol–water partition coefficient (Wildman–Crippen LogP) is 0.189. The molecule has 0 aromatic heterocycles. The summed E-state index contributed by atoms with van der Waals surface area (Å²) in [7, 11) is 0. The quantitative estimate of drug-likeness (QED) is 0.329. The zero-order valence-corrected chi connectivity index (χ0v) is 16.3. The number of nitrogens with zero attached hydrogens (tertiary/aromatic N) is 1. The Kier molecular flexibility index (Phi) is 7.65. The lowest BCUT2D eigenvalue weighted by molar-refractivity contribution is -0.201. The highest BCUT2D eigenvalue weighted by Crippen LogP contribution is 2.15. The van der Waals surface area contributed by atoms with Crippen LogP contribution in [0.1, 0.15) is 53.9 Å². The van der Waals surface area contributed by atoms with Gasteiger partial charge in [0.1, 0.15) is 5.60 Å². The first kappa shape index (κ1) is 23.1. The molecule has 11 nitrogen and oxygen atoms in total. The van der Waals surface area contributed by atoms with Crippen molar-refractivity contribution in [3.63, 3.8) is 0 Å². The van der Waals surface area contributed by atoms with E-state index in [1.54, 1.807) is 20.8 Å². The van der Waals surface area contributed by atoms with E-state index >= 15 is 0 Å². The number of esters is 3. The summed E-state index contributed by atoms with van der Waals surface area (Å²) in [6, 6.07) is 0. The molecule has 1 aliphatic heterocycles. The molecule has 2 amide bonds. The molecule has 1 fully saturated rings. The van der Waals surface area contributed by atoms with Gasteiger partial charge in [0.15, 0.2) is 6.10 Å². The Bertz CT molecular complexity index is 662. The fourth-order valence-corrected chi connectivity index (χ4v) is 2.00. The highest BCUT2D eigenvalue weighted by atomic mass is 16.7. The SMILES string of the molecule is CC(=O)O[C@@H](CC(=O)ON1C(=O)CCC1=O)C(=O)O[C@@H](C)C(=O)OC(C)(C)C. The molecular formula is C17H23NO10. The van der Waals surface area contributed by atoms with E-state index in [9.17, 15) is 28.8 Å². The third kappa shape index (κ3) is 7.33. The molecule has 1 saturated heterocycles. The van der Waals surface area contributed by atoms with Gasteiger partial charge >= 0.3 is 23.9 Å². The van der Waals surface area contributed by atoms with Gasteiger partial charge in [0.2, 0.25) is 6.10 Å². The second-order valence-electron chi connectivity index (χ2n) is 6.96. The third-order valence-electron chi connectivity index (χ3n) is 3.15. The van der Waals surface area contributed by atoms with Crippen molar-refractivity contribution in [3.05, 3.63) is 0 Å². The Morgan fingerprint density at radius 3 is 2.00 bits per heavy atom. The zero-order chi connectivity index (χ0) is 21.6. The lowest BCUT2D eigenvalue weighted by Crippen LogP contribution is -2.39. The van der Waals surface area contributed by atoms with E-state index in [1.165, 1.54) is 6.92 Å². The highest BCUT2D eigenvalue weighted by Gasteiger charge is 2.36. The maximum Gasteiger partial charge on any atom is 0.348 e. The fourth-order valence-electron chi connectivity index (χ4n) is 2.00. The maximum absolute atomic E-state index is 12.2. The molecule has 1 rings (SSSR count). The first-order valence-electron chi connectivity index (χ1n) is 8.47. The van der Waals surface area contributed by atoms with Crippen molar-refractivity contribution in [2.24, 2.45) is 0 Å². The Morgan fingerprint density at radius 1 is 1.00 bits per heavy atom. The van der Waals surface area contributed by atoms with Crippen LogP contribution >= 0.6 is 0 Å². The van der Waals surface area contributed by atoms with Crippen molar-refractivity contribution < 1.29 is 47.8 Å². The van der Waals surface area contributed by atoms with E-state index in [-0.39, 0.29) is 12.8 Å². The Morgan fingerprint density at radius 2 is 1.54 bits per heavy atom. The predicted molar refractivity (Wildman–Crippen MR) is 88.7 cm³/mol. The number of carbonyl (C=O) groups is 6. The van der Waals surface area contributed by atoms with E-state index in [1.807, 2.05) is 0 Å². The van der Waals surface area contributed by atoms with Crippen LogP contribution in [0, 0.1) is 0 Å². The normalized spacial score (nSPS) is 16.2. The molecule has 0 aromatic carbocycles. The van der Waals surface area contributed by atoms with Crippen molar-refractivity contribution in [2.75, 3.05) is 0 Å². The van der Waals surface area contributed by atoms with Gasteiger partial charge in [-0.1, -0.05) is 0 Å². The molecule has 0 aliphatic carbocycles. The lowest BCUT2D eigenvalue weighted by Gasteiger charge is -2.23. The van der Waals surface area contributed by atoms with Gasteiger partial charge in [0.05, 0.1) is 6.42 Å². The van der Waals surface area contributed by atoms with Gasteiger partial charge in [0.25, 0.3) is 11.8 Å². The Balaban J connectivity index is 2.72.